The van der Waals surface area contributed by atoms with Crippen molar-refractivity contribution in [3.8, 4) is 0 Å². The number of rotatable bonds is 4. The van der Waals surface area contributed by atoms with E-state index >= 15 is 0 Å². The summed E-state index contributed by atoms with van der Waals surface area (Å²) >= 11 is 6.64. The molecule has 1 heterocycles. The highest BCUT2D eigenvalue weighted by atomic mass is 79.9. The van der Waals surface area contributed by atoms with Crippen molar-refractivity contribution in [1.82, 2.24) is 5.32 Å². The van der Waals surface area contributed by atoms with E-state index in [0.717, 1.165) is 0 Å². The molecule has 1 saturated heterocycles. The molecular formula is C17H21BBr2FNO3. The lowest BCUT2D eigenvalue weighted by Gasteiger charge is -2.32. The molecule has 0 unspecified atom stereocenters. The summed E-state index contributed by atoms with van der Waals surface area (Å²) in [6.45, 7) is 9.41. The average molecular weight is 477 g/mol. The SMILES string of the molecule is CC(=O)NCC(=Cc1c(F)cc(Br)cc1Br)B1OC(C)(C)C(C)(C)O1. The Kier molecular flexibility index (Phi) is 6.19. The molecule has 1 N–H and O–H groups in total. The normalized spacial score (nSPS) is 19.2. The Labute approximate surface area is 164 Å². The molecule has 0 atom stereocenters. The third kappa shape index (κ3) is 4.73. The maximum Gasteiger partial charge on any atom is 0.492 e. The van der Waals surface area contributed by atoms with Gasteiger partial charge in [0.25, 0.3) is 0 Å². The summed E-state index contributed by atoms with van der Waals surface area (Å²) in [5.41, 5.74) is -0.0423. The van der Waals surface area contributed by atoms with Gasteiger partial charge < -0.3 is 14.6 Å². The van der Waals surface area contributed by atoms with Gasteiger partial charge in [0.2, 0.25) is 5.91 Å². The maximum atomic E-state index is 14.4. The first-order valence-corrected chi connectivity index (χ1v) is 9.46. The molecule has 1 aromatic rings. The van der Waals surface area contributed by atoms with Gasteiger partial charge in [-0.25, -0.2) is 4.39 Å². The third-order valence-electron chi connectivity index (χ3n) is 4.47. The zero-order valence-electron chi connectivity index (χ0n) is 14.9. The molecule has 2 rings (SSSR count). The number of carbonyl (C=O) groups excluding carboxylic acids is 1. The zero-order valence-corrected chi connectivity index (χ0v) is 18.0. The zero-order chi connectivity index (χ0) is 19.0. The van der Waals surface area contributed by atoms with Crippen LogP contribution in [-0.2, 0) is 14.1 Å². The molecule has 0 aromatic heterocycles. The van der Waals surface area contributed by atoms with Crippen LogP contribution in [0.2, 0.25) is 0 Å². The van der Waals surface area contributed by atoms with E-state index in [4.69, 9.17) is 9.31 Å². The molecule has 0 spiro atoms. The van der Waals surface area contributed by atoms with Gasteiger partial charge in [-0.05, 0) is 45.3 Å². The average Bonchev–Trinajstić information content (AvgIpc) is 2.65. The molecule has 0 aliphatic carbocycles. The molecule has 8 heteroatoms. The van der Waals surface area contributed by atoms with Crippen LogP contribution in [0.15, 0.2) is 26.6 Å². The Morgan fingerprint density at radius 2 is 1.80 bits per heavy atom. The van der Waals surface area contributed by atoms with Gasteiger partial charge in [0.15, 0.2) is 0 Å². The first-order chi connectivity index (χ1) is 11.4. The molecule has 4 nitrogen and oxygen atoms in total. The van der Waals surface area contributed by atoms with Crippen molar-refractivity contribution in [2.24, 2.45) is 0 Å². The molecule has 1 aliphatic rings. The number of carbonyl (C=O) groups is 1. The second kappa shape index (κ2) is 7.51. The van der Waals surface area contributed by atoms with Crippen molar-refractivity contribution in [2.45, 2.75) is 45.8 Å². The Morgan fingerprint density at radius 3 is 2.28 bits per heavy atom. The lowest BCUT2D eigenvalue weighted by molar-refractivity contribution is -0.118. The Bertz CT molecular complexity index is 683. The molecule has 25 heavy (non-hydrogen) atoms. The van der Waals surface area contributed by atoms with Gasteiger partial charge in [0, 0.05) is 28.0 Å². The predicted molar refractivity (Wildman–Crippen MR) is 105 cm³/mol. The number of amides is 1. The minimum atomic E-state index is -0.674. The van der Waals surface area contributed by atoms with Crippen molar-refractivity contribution in [3.63, 3.8) is 0 Å². The maximum absolute atomic E-state index is 14.4. The van der Waals surface area contributed by atoms with E-state index in [9.17, 15) is 9.18 Å². The van der Waals surface area contributed by atoms with Crippen LogP contribution < -0.4 is 5.32 Å². The summed E-state index contributed by atoms with van der Waals surface area (Å²) in [6.07, 6.45) is 1.66. The summed E-state index contributed by atoms with van der Waals surface area (Å²) in [7, 11) is -0.674. The first-order valence-electron chi connectivity index (χ1n) is 7.88. The summed E-state index contributed by atoms with van der Waals surface area (Å²) in [5, 5.41) is 2.73. The highest BCUT2D eigenvalue weighted by Gasteiger charge is 2.52. The number of benzene rings is 1. The van der Waals surface area contributed by atoms with Crippen LogP contribution in [0.4, 0.5) is 4.39 Å². The second-order valence-corrected chi connectivity index (χ2v) is 8.77. The minimum Gasteiger partial charge on any atom is -0.400 e. The molecule has 0 bridgehead atoms. The predicted octanol–water partition coefficient (Wildman–Crippen LogP) is 4.50. The summed E-state index contributed by atoms with van der Waals surface area (Å²) < 4.78 is 27.7. The molecule has 136 valence electrons. The van der Waals surface area contributed by atoms with Crippen LogP contribution in [0, 0.1) is 5.82 Å². The van der Waals surface area contributed by atoms with E-state index in [1.54, 1.807) is 12.1 Å². The monoisotopic (exact) mass is 475 g/mol. The van der Waals surface area contributed by atoms with Gasteiger partial charge >= 0.3 is 7.12 Å². The molecule has 1 aliphatic heterocycles. The molecule has 0 saturated carbocycles. The molecule has 1 fully saturated rings. The standard InChI is InChI=1S/C17H21BBr2FNO3/c1-10(23)22-9-11(18-24-16(2,3)17(4,5)25-18)6-13-14(20)7-12(19)8-15(13)21/h6-8H,9H2,1-5H3,(H,22,23). The van der Waals surface area contributed by atoms with E-state index in [2.05, 4.69) is 37.2 Å². The molecular weight excluding hydrogens is 456 g/mol. The van der Waals surface area contributed by atoms with Crippen molar-refractivity contribution in [3.05, 3.63) is 37.9 Å². The smallest absolute Gasteiger partial charge is 0.400 e. The third-order valence-corrected chi connectivity index (χ3v) is 5.58. The number of hydrogen-bond donors (Lipinski definition) is 1. The van der Waals surface area contributed by atoms with Gasteiger partial charge in [-0.15, -0.1) is 0 Å². The van der Waals surface area contributed by atoms with E-state index < -0.39 is 24.1 Å². The quantitative estimate of drug-likeness (QED) is 0.651. The molecule has 1 amide bonds. The molecule has 0 radical (unpaired) electrons. The fraction of sp³-hybridized carbons (Fsp3) is 0.471. The largest absolute Gasteiger partial charge is 0.492 e. The van der Waals surface area contributed by atoms with Crippen LogP contribution in [-0.4, -0.2) is 30.8 Å². The lowest BCUT2D eigenvalue weighted by Crippen LogP contribution is -2.41. The van der Waals surface area contributed by atoms with Crippen LogP contribution >= 0.6 is 31.9 Å². The van der Waals surface area contributed by atoms with Crippen molar-refractivity contribution in [1.29, 1.82) is 0 Å². The van der Waals surface area contributed by atoms with E-state index in [1.165, 1.54) is 13.0 Å². The van der Waals surface area contributed by atoms with E-state index in [-0.39, 0.29) is 12.5 Å². The number of nitrogens with one attached hydrogen (secondary N) is 1. The lowest BCUT2D eigenvalue weighted by atomic mass is 9.77. The van der Waals surface area contributed by atoms with Gasteiger partial charge in [-0.1, -0.05) is 37.9 Å². The van der Waals surface area contributed by atoms with Gasteiger partial charge in [-0.2, -0.15) is 0 Å². The van der Waals surface area contributed by atoms with E-state index in [0.29, 0.717) is 20.0 Å². The van der Waals surface area contributed by atoms with Crippen molar-refractivity contribution >= 4 is 51.0 Å². The Balaban J connectivity index is 2.42. The van der Waals surface area contributed by atoms with E-state index in [1.807, 2.05) is 27.7 Å². The van der Waals surface area contributed by atoms with Crippen LogP contribution in [0.3, 0.4) is 0 Å². The summed E-state index contributed by atoms with van der Waals surface area (Å²) in [4.78, 5) is 11.3. The topological polar surface area (TPSA) is 47.6 Å². The summed E-state index contributed by atoms with van der Waals surface area (Å²) in [6, 6.07) is 3.14. The Hall–Kier alpha value is -0.695. The fourth-order valence-corrected chi connectivity index (χ4v) is 3.59. The number of halogens is 3. The highest BCUT2D eigenvalue weighted by molar-refractivity contribution is 9.11. The second-order valence-electron chi connectivity index (χ2n) is 7.00. The van der Waals surface area contributed by atoms with Gasteiger partial charge in [0.05, 0.1) is 11.2 Å². The van der Waals surface area contributed by atoms with Crippen molar-refractivity contribution < 1.29 is 18.5 Å². The number of hydrogen-bond acceptors (Lipinski definition) is 3. The Morgan fingerprint density at radius 1 is 1.24 bits per heavy atom. The van der Waals surface area contributed by atoms with Gasteiger partial charge in [0.1, 0.15) is 5.82 Å². The van der Waals surface area contributed by atoms with Crippen LogP contribution in [0.5, 0.6) is 0 Å². The highest BCUT2D eigenvalue weighted by Crippen LogP contribution is 2.39. The van der Waals surface area contributed by atoms with Crippen molar-refractivity contribution in [2.75, 3.05) is 6.54 Å². The van der Waals surface area contributed by atoms with Gasteiger partial charge in [-0.3, -0.25) is 4.79 Å². The summed E-state index contributed by atoms with van der Waals surface area (Å²) in [5.74, 6) is -0.573. The minimum absolute atomic E-state index is 0.183. The first kappa shape index (κ1) is 20.6. The van der Waals surface area contributed by atoms with Crippen LogP contribution in [0.1, 0.15) is 40.2 Å². The van der Waals surface area contributed by atoms with Crippen LogP contribution in [0.25, 0.3) is 6.08 Å². The fourth-order valence-electron chi connectivity index (χ4n) is 2.30. The molecule has 1 aromatic carbocycles.